The number of benzene rings is 1. The molecule has 1 aliphatic heterocycles. The van der Waals surface area contributed by atoms with Crippen LogP contribution in [0, 0.1) is 5.82 Å². The third-order valence-electron chi connectivity index (χ3n) is 6.61. The van der Waals surface area contributed by atoms with E-state index in [4.69, 9.17) is 16.3 Å². The fourth-order valence-electron chi connectivity index (χ4n) is 4.47. The van der Waals surface area contributed by atoms with Gasteiger partial charge in [0.2, 0.25) is 5.95 Å². The molecule has 11 heteroatoms. The molecule has 196 valence electrons. The quantitative estimate of drug-likeness (QED) is 0.346. The highest BCUT2D eigenvalue weighted by molar-refractivity contribution is 6.34. The van der Waals surface area contributed by atoms with Crippen LogP contribution in [-0.2, 0) is 9.53 Å². The van der Waals surface area contributed by atoms with E-state index in [0.29, 0.717) is 46.5 Å². The maximum absolute atomic E-state index is 14.4. The number of methoxy groups -OCH3 is 1. The third kappa shape index (κ3) is 5.51. The van der Waals surface area contributed by atoms with Crippen molar-refractivity contribution in [1.82, 2.24) is 24.8 Å². The highest BCUT2D eigenvalue weighted by Crippen LogP contribution is 2.34. The molecule has 0 bridgehead atoms. The molecule has 1 aromatic carbocycles. The van der Waals surface area contributed by atoms with E-state index in [1.165, 1.54) is 13.2 Å². The van der Waals surface area contributed by atoms with Gasteiger partial charge in [0.15, 0.2) is 0 Å². The lowest BCUT2D eigenvalue weighted by atomic mass is 10.1. The van der Waals surface area contributed by atoms with Crippen molar-refractivity contribution in [3.05, 3.63) is 71.5 Å². The van der Waals surface area contributed by atoms with Gasteiger partial charge in [-0.05, 0) is 19.1 Å². The van der Waals surface area contributed by atoms with Gasteiger partial charge in [0.05, 0.1) is 47.8 Å². The Morgan fingerprint density at radius 2 is 1.82 bits per heavy atom. The Labute approximate surface area is 224 Å². The van der Waals surface area contributed by atoms with Crippen LogP contribution in [0.5, 0.6) is 0 Å². The SMILES string of the molecule is COC(=O)CN1CCN(c2ncc(-c3cc4c(NC(C)c5ccccc5F)c(Cl)cnc4cn3)cn2)CC1. The van der Waals surface area contributed by atoms with Crippen molar-refractivity contribution in [1.29, 1.82) is 0 Å². The molecule has 1 N–H and O–H groups in total. The number of pyridine rings is 2. The van der Waals surface area contributed by atoms with Crippen LogP contribution in [0.15, 0.2) is 55.1 Å². The van der Waals surface area contributed by atoms with Crippen LogP contribution in [0.1, 0.15) is 18.5 Å². The summed E-state index contributed by atoms with van der Waals surface area (Å²) in [6.07, 6.45) is 6.72. The summed E-state index contributed by atoms with van der Waals surface area (Å²) in [6.45, 7) is 5.04. The van der Waals surface area contributed by atoms with E-state index in [2.05, 4.69) is 30.2 Å². The molecular weight excluding hydrogens is 509 g/mol. The number of esters is 1. The average Bonchev–Trinajstić information content (AvgIpc) is 2.95. The second kappa shape index (κ2) is 11.2. The number of nitrogens with one attached hydrogen (secondary N) is 1. The van der Waals surface area contributed by atoms with E-state index < -0.39 is 0 Å². The van der Waals surface area contributed by atoms with E-state index in [1.807, 2.05) is 17.9 Å². The first-order valence-corrected chi connectivity index (χ1v) is 12.6. The second-order valence-electron chi connectivity index (χ2n) is 9.07. The lowest BCUT2D eigenvalue weighted by Gasteiger charge is -2.33. The van der Waals surface area contributed by atoms with Crippen molar-refractivity contribution in [2.45, 2.75) is 13.0 Å². The molecule has 3 aromatic heterocycles. The first-order chi connectivity index (χ1) is 18.4. The average molecular weight is 536 g/mol. The number of fused-ring (bicyclic) bond motifs is 1. The van der Waals surface area contributed by atoms with Gasteiger partial charge < -0.3 is 15.0 Å². The number of ether oxygens (including phenoxy) is 1. The van der Waals surface area contributed by atoms with Crippen LogP contribution in [0.2, 0.25) is 5.02 Å². The van der Waals surface area contributed by atoms with Crippen molar-refractivity contribution in [2.75, 3.05) is 50.1 Å². The summed E-state index contributed by atoms with van der Waals surface area (Å²) in [7, 11) is 1.40. The van der Waals surface area contributed by atoms with Crippen LogP contribution in [0.25, 0.3) is 22.2 Å². The summed E-state index contributed by atoms with van der Waals surface area (Å²) in [5.74, 6) is 0.1000. The number of piperazine rings is 1. The van der Waals surface area contributed by atoms with Crippen LogP contribution in [0.4, 0.5) is 16.0 Å². The van der Waals surface area contributed by atoms with Crippen molar-refractivity contribution in [2.24, 2.45) is 0 Å². The Kier molecular flexibility index (Phi) is 7.62. The number of carbonyl (C=O) groups is 1. The second-order valence-corrected chi connectivity index (χ2v) is 9.47. The number of rotatable bonds is 7. The largest absolute Gasteiger partial charge is 0.468 e. The number of aromatic nitrogens is 4. The molecule has 1 unspecified atom stereocenters. The molecule has 1 atom stereocenters. The van der Waals surface area contributed by atoms with Gasteiger partial charge in [0.25, 0.3) is 0 Å². The number of hydrogen-bond donors (Lipinski definition) is 1. The standard InChI is InChI=1S/C27H27ClFN7O2/c1-17(19-5-3-4-6-22(19)29)34-26-20-11-23(31-15-24(20)30-14-21(26)28)18-12-32-27(33-13-18)36-9-7-35(8-10-36)16-25(37)38-2/h3-6,11-15,17H,7-10,16H2,1-2H3,(H,30,34). The van der Waals surface area contributed by atoms with Crippen molar-refractivity contribution in [3.63, 3.8) is 0 Å². The van der Waals surface area contributed by atoms with Gasteiger partial charge in [-0.25, -0.2) is 14.4 Å². The molecule has 0 saturated carbocycles. The fourth-order valence-corrected chi connectivity index (χ4v) is 4.67. The van der Waals surface area contributed by atoms with E-state index in [9.17, 15) is 9.18 Å². The summed E-state index contributed by atoms with van der Waals surface area (Å²) in [5, 5.41) is 4.54. The Balaban J connectivity index is 1.35. The van der Waals surface area contributed by atoms with Crippen molar-refractivity contribution < 1.29 is 13.9 Å². The monoisotopic (exact) mass is 535 g/mol. The van der Waals surface area contributed by atoms with E-state index in [1.54, 1.807) is 43.0 Å². The number of anilines is 2. The molecule has 4 aromatic rings. The fraction of sp³-hybridized carbons (Fsp3) is 0.296. The van der Waals surface area contributed by atoms with Crippen molar-refractivity contribution >= 4 is 40.1 Å². The van der Waals surface area contributed by atoms with Gasteiger partial charge in [0, 0.05) is 61.3 Å². The highest BCUT2D eigenvalue weighted by Gasteiger charge is 2.21. The summed E-state index contributed by atoms with van der Waals surface area (Å²) in [5.41, 5.74) is 3.26. The molecule has 38 heavy (non-hydrogen) atoms. The minimum atomic E-state index is -0.327. The van der Waals surface area contributed by atoms with Crippen LogP contribution >= 0.6 is 11.6 Å². The predicted molar refractivity (Wildman–Crippen MR) is 145 cm³/mol. The van der Waals surface area contributed by atoms with Gasteiger partial charge in [-0.15, -0.1) is 0 Å². The molecule has 1 aliphatic rings. The van der Waals surface area contributed by atoms with Crippen LogP contribution < -0.4 is 10.2 Å². The normalized spacial score (nSPS) is 14.9. The molecule has 4 heterocycles. The van der Waals surface area contributed by atoms with E-state index in [0.717, 1.165) is 24.0 Å². The zero-order valence-electron chi connectivity index (χ0n) is 21.1. The molecule has 0 spiro atoms. The maximum atomic E-state index is 14.4. The topological polar surface area (TPSA) is 96.4 Å². The first kappa shape index (κ1) is 25.7. The minimum absolute atomic E-state index is 0.238. The van der Waals surface area contributed by atoms with Crippen molar-refractivity contribution in [3.8, 4) is 11.3 Å². The lowest BCUT2D eigenvalue weighted by molar-refractivity contribution is -0.142. The lowest BCUT2D eigenvalue weighted by Crippen LogP contribution is -2.48. The van der Waals surface area contributed by atoms with Gasteiger partial charge in [-0.3, -0.25) is 19.7 Å². The number of hydrogen-bond acceptors (Lipinski definition) is 9. The van der Waals surface area contributed by atoms with E-state index in [-0.39, 0.29) is 24.4 Å². The summed E-state index contributed by atoms with van der Waals surface area (Å²) < 4.78 is 19.1. The first-order valence-electron chi connectivity index (χ1n) is 12.2. The molecule has 1 saturated heterocycles. The Bertz CT molecular complexity index is 1450. The zero-order valence-corrected chi connectivity index (χ0v) is 21.8. The molecule has 0 radical (unpaired) electrons. The zero-order chi connectivity index (χ0) is 26.6. The molecule has 1 fully saturated rings. The molecule has 9 nitrogen and oxygen atoms in total. The number of halogens is 2. The summed E-state index contributed by atoms with van der Waals surface area (Å²) in [4.78, 5) is 33.7. The van der Waals surface area contributed by atoms with Crippen LogP contribution in [0.3, 0.4) is 0 Å². The van der Waals surface area contributed by atoms with Gasteiger partial charge in [-0.1, -0.05) is 29.8 Å². The third-order valence-corrected chi connectivity index (χ3v) is 6.90. The molecule has 0 aliphatic carbocycles. The smallest absolute Gasteiger partial charge is 0.319 e. The summed E-state index contributed by atoms with van der Waals surface area (Å²) in [6, 6.07) is 8.21. The maximum Gasteiger partial charge on any atom is 0.319 e. The Hall–Kier alpha value is -3.89. The van der Waals surface area contributed by atoms with Gasteiger partial charge in [-0.2, -0.15) is 0 Å². The Morgan fingerprint density at radius 3 is 2.53 bits per heavy atom. The highest BCUT2D eigenvalue weighted by atomic mass is 35.5. The number of nitrogens with zero attached hydrogens (tertiary/aromatic N) is 6. The summed E-state index contributed by atoms with van der Waals surface area (Å²) >= 11 is 6.53. The molecule has 5 rings (SSSR count). The van der Waals surface area contributed by atoms with Crippen LogP contribution in [-0.4, -0.2) is 70.6 Å². The number of carbonyl (C=O) groups excluding carboxylic acids is 1. The van der Waals surface area contributed by atoms with E-state index >= 15 is 0 Å². The Morgan fingerprint density at radius 1 is 1.08 bits per heavy atom. The molecule has 0 amide bonds. The predicted octanol–water partition coefficient (Wildman–Crippen LogP) is 4.35. The minimum Gasteiger partial charge on any atom is -0.468 e. The van der Waals surface area contributed by atoms with Gasteiger partial charge in [0.1, 0.15) is 5.82 Å². The molecular formula is C27H27ClFN7O2. The van der Waals surface area contributed by atoms with Gasteiger partial charge >= 0.3 is 5.97 Å².